The van der Waals surface area contributed by atoms with E-state index >= 15 is 0 Å². The molecule has 1 aromatic heterocycles. The van der Waals surface area contributed by atoms with Crippen LogP contribution in [0.4, 0.5) is 18.9 Å². The van der Waals surface area contributed by atoms with Gasteiger partial charge >= 0.3 is 6.18 Å². The molecule has 1 N–H and O–H groups in total. The van der Waals surface area contributed by atoms with Gasteiger partial charge in [0.1, 0.15) is 5.75 Å². The first-order valence-corrected chi connectivity index (χ1v) is 12.2. The van der Waals surface area contributed by atoms with E-state index in [4.69, 9.17) is 0 Å². The van der Waals surface area contributed by atoms with Gasteiger partial charge in [0.2, 0.25) is 10.0 Å². The van der Waals surface area contributed by atoms with E-state index in [1.54, 1.807) is 11.3 Å². The van der Waals surface area contributed by atoms with E-state index in [0.717, 1.165) is 5.56 Å². The minimum absolute atomic E-state index is 0.00362. The van der Waals surface area contributed by atoms with Gasteiger partial charge in [-0.1, -0.05) is 12.1 Å². The average Bonchev–Trinajstić information content (AvgIpc) is 3.25. The Morgan fingerprint density at radius 1 is 1.12 bits per heavy atom. The Hall–Kier alpha value is -2.89. The predicted molar refractivity (Wildman–Crippen MR) is 118 cm³/mol. The number of nitrogens with zero attached hydrogens (tertiary/aromatic N) is 1. The first-order chi connectivity index (χ1) is 15.6. The first kappa shape index (κ1) is 23.3. The molecule has 2 heterocycles. The van der Waals surface area contributed by atoms with E-state index in [1.165, 1.54) is 57.7 Å². The predicted octanol–water partition coefficient (Wildman–Crippen LogP) is 4.69. The third-order valence-electron chi connectivity index (χ3n) is 5.00. The molecule has 0 unspecified atom stereocenters. The molecule has 174 valence electrons. The number of carbonyl (C=O) groups excluding carboxylic acids is 1. The van der Waals surface area contributed by atoms with Gasteiger partial charge in [-0.05, 0) is 53.8 Å². The van der Waals surface area contributed by atoms with Gasteiger partial charge in [0.25, 0.3) is 5.91 Å². The van der Waals surface area contributed by atoms with Crippen LogP contribution in [0.15, 0.2) is 64.9 Å². The number of rotatable bonds is 6. The number of hydrogen-bond donors (Lipinski definition) is 1. The van der Waals surface area contributed by atoms with Crippen LogP contribution < -0.4 is 10.1 Å². The van der Waals surface area contributed by atoms with Crippen molar-refractivity contribution in [2.45, 2.75) is 24.0 Å². The number of benzene rings is 2. The third-order valence-corrected chi connectivity index (χ3v) is 7.87. The molecule has 0 bridgehead atoms. The number of fused-ring (bicyclic) bond motifs is 1. The molecule has 4 rings (SSSR count). The molecular formula is C22H19F3N2O4S2. The summed E-state index contributed by atoms with van der Waals surface area (Å²) in [5.74, 6) is -0.655. The molecule has 2 aromatic carbocycles. The lowest BCUT2D eigenvalue weighted by Crippen LogP contribution is -2.35. The Balaban J connectivity index is 1.48. The molecule has 11 heteroatoms. The van der Waals surface area contributed by atoms with Crippen LogP contribution >= 0.6 is 11.3 Å². The molecule has 1 aliphatic heterocycles. The molecular weight excluding hydrogens is 477 g/mol. The van der Waals surface area contributed by atoms with Gasteiger partial charge in [-0.15, -0.1) is 11.3 Å². The van der Waals surface area contributed by atoms with Crippen molar-refractivity contribution in [1.29, 1.82) is 0 Å². The summed E-state index contributed by atoms with van der Waals surface area (Å²) in [6.07, 6.45) is -3.84. The average molecular weight is 497 g/mol. The van der Waals surface area contributed by atoms with Crippen molar-refractivity contribution in [3.05, 3.63) is 76.0 Å². The second kappa shape index (κ2) is 9.16. The lowest BCUT2D eigenvalue weighted by molar-refractivity contribution is -0.153. The Kier molecular flexibility index (Phi) is 6.46. The topological polar surface area (TPSA) is 75.7 Å². The van der Waals surface area contributed by atoms with E-state index in [1.807, 2.05) is 11.4 Å². The number of nitrogens with one attached hydrogen (secondary N) is 1. The van der Waals surface area contributed by atoms with Gasteiger partial charge in [-0.3, -0.25) is 4.79 Å². The second-order valence-corrected chi connectivity index (χ2v) is 10.3. The van der Waals surface area contributed by atoms with Crippen LogP contribution in [0, 0.1) is 0 Å². The molecule has 0 atom stereocenters. The Labute approximate surface area is 192 Å². The van der Waals surface area contributed by atoms with Crippen LogP contribution in [0.25, 0.3) is 0 Å². The van der Waals surface area contributed by atoms with Crippen molar-refractivity contribution in [3.63, 3.8) is 0 Å². The zero-order valence-corrected chi connectivity index (χ0v) is 18.8. The monoisotopic (exact) mass is 496 g/mol. The summed E-state index contributed by atoms with van der Waals surface area (Å²) in [6.45, 7) is -0.813. The highest BCUT2D eigenvalue weighted by atomic mass is 32.2. The molecule has 0 fully saturated rings. The Morgan fingerprint density at radius 2 is 1.91 bits per heavy atom. The molecule has 1 amide bonds. The number of carbonyl (C=O) groups is 1. The van der Waals surface area contributed by atoms with Gasteiger partial charge in [-0.2, -0.15) is 17.5 Å². The number of halogens is 3. The normalized spacial score (nSPS) is 14.5. The highest BCUT2D eigenvalue weighted by Gasteiger charge is 2.30. The number of ether oxygens (including phenoxy) is 1. The molecule has 0 saturated carbocycles. The molecule has 0 saturated heterocycles. The maximum Gasteiger partial charge on any atom is 0.422 e. The Bertz CT molecular complexity index is 1270. The van der Waals surface area contributed by atoms with Crippen molar-refractivity contribution in [2.75, 3.05) is 18.5 Å². The standard InChI is InChI=1S/C22H19F3N2O4S2/c23-22(24,25)14-31-18-5-2-4-17(12-18)26-21(28)15-3-1-6-19(11-15)33(29,30)27-9-7-20-16(13-27)8-10-32-20/h1-6,8,10-12H,7,9,13-14H2,(H,26,28). The fourth-order valence-electron chi connectivity index (χ4n) is 3.41. The number of thiophene rings is 1. The summed E-state index contributed by atoms with van der Waals surface area (Å²) in [7, 11) is -3.81. The van der Waals surface area contributed by atoms with Crippen molar-refractivity contribution < 1.29 is 31.1 Å². The summed E-state index contributed by atoms with van der Waals surface area (Å²) in [5.41, 5.74) is 1.30. The van der Waals surface area contributed by atoms with Crippen LogP contribution in [-0.2, 0) is 23.0 Å². The van der Waals surface area contributed by atoms with E-state index in [9.17, 15) is 26.4 Å². The molecule has 0 radical (unpaired) electrons. The van der Waals surface area contributed by atoms with E-state index in [2.05, 4.69) is 10.1 Å². The number of sulfonamides is 1. The fourth-order valence-corrected chi connectivity index (χ4v) is 5.76. The van der Waals surface area contributed by atoms with Gasteiger partial charge in [0.15, 0.2) is 6.61 Å². The number of hydrogen-bond acceptors (Lipinski definition) is 5. The van der Waals surface area contributed by atoms with Crippen LogP contribution in [0.2, 0.25) is 0 Å². The summed E-state index contributed by atoms with van der Waals surface area (Å²) < 4.78 is 69.4. The summed E-state index contributed by atoms with van der Waals surface area (Å²) in [6, 6.07) is 13.1. The minimum atomic E-state index is -4.48. The number of alkyl halides is 3. The van der Waals surface area contributed by atoms with Gasteiger partial charge < -0.3 is 10.1 Å². The molecule has 3 aromatic rings. The highest BCUT2D eigenvalue weighted by molar-refractivity contribution is 7.89. The summed E-state index contributed by atoms with van der Waals surface area (Å²) in [5, 5.41) is 4.50. The van der Waals surface area contributed by atoms with E-state index in [0.29, 0.717) is 13.0 Å². The zero-order valence-electron chi connectivity index (χ0n) is 17.1. The first-order valence-electron chi connectivity index (χ1n) is 9.88. The molecule has 33 heavy (non-hydrogen) atoms. The summed E-state index contributed by atoms with van der Waals surface area (Å²) >= 11 is 1.61. The highest BCUT2D eigenvalue weighted by Crippen LogP contribution is 2.28. The third kappa shape index (κ3) is 5.55. The molecule has 1 aliphatic rings. The maximum absolute atomic E-state index is 13.1. The maximum atomic E-state index is 13.1. The van der Waals surface area contributed by atoms with Gasteiger partial charge in [-0.25, -0.2) is 8.42 Å². The molecule has 0 spiro atoms. The van der Waals surface area contributed by atoms with Crippen LogP contribution in [0.1, 0.15) is 20.8 Å². The van der Waals surface area contributed by atoms with Crippen LogP contribution in [0.3, 0.4) is 0 Å². The van der Waals surface area contributed by atoms with E-state index in [-0.39, 0.29) is 28.4 Å². The molecule has 0 aliphatic carbocycles. The van der Waals surface area contributed by atoms with Gasteiger partial charge in [0, 0.05) is 35.3 Å². The SMILES string of the molecule is O=C(Nc1cccc(OCC(F)(F)F)c1)c1cccc(S(=O)(=O)N2CCc3sccc3C2)c1. The summed E-state index contributed by atoms with van der Waals surface area (Å²) in [4.78, 5) is 13.9. The lowest BCUT2D eigenvalue weighted by atomic mass is 10.1. The largest absolute Gasteiger partial charge is 0.484 e. The quantitative estimate of drug-likeness (QED) is 0.537. The van der Waals surface area contributed by atoms with Crippen molar-refractivity contribution >= 4 is 33.0 Å². The smallest absolute Gasteiger partial charge is 0.422 e. The fraction of sp³-hybridized carbons (Fsp3) is 0.227. The van der Waals surface area contributed by atoms with Crippen LogP contribution in [0.5, 0.6) is 5.75 Å². The second-order valence-electron chi connectivity index (χ2n) is 7.37. The van der Waals surface area contributed by atoms with Crippen molar-refractivity contribution in [2.24, 2.45) is 0 Å². The molecule has 6 nitrogen and oxygen atoms in total. The Morgan fingerprint density at radius 3 is 2.70 bits per heavy atom. The zero-order chi connectivity index (χ0) is 23.6. The van der Waals surface area contributed by atoms with Crippen LogP contribution in [-0.4, -0.2) is 38.0 Å². The minimum Gasteiger partial charge on any atom is -0.484 e. The lowest BCUT2D eigenvalue weighted by Gasteiger charge is -2.26. The van der Waals surface area contributed by atoms with E-state index < -0.39 is 28.7 Å². The number of anilines is 1. The van der Waals surface area contributed by atoms with Crippen molar-refractivity contribution in [1.82, 2.24) is 4.31 Å². The van der Waals surface area contributed by atoms with Crippen molar-refractivity contribution in [3.8, 4) is 5.75 Å². The van der Waals surface area contributed by atoms with Gasteiger partial charge in [0.05, 0.1) is 4.90 Å². The number of amides is 1.